The number of hydrogen-bond acceptors (Lipinski definition) is 3. The Morgan fingerprint density at radius 1 is 1.67 bits per heavy atom. The van der Waals surface area contributed by atoms with E-state index in [9.17, 15) is 5.11 Å². The monoisotopic (exact) mass is 170 g/mol. The van der Waals surface area contributed by atoms with Crippen LogP contribution in [0.25, 0.3) is 0 Å². The molecule has 68 valence electrons. The van der Waals surface area contributed by atoms with E-state index < -0.39 is 0 Å². The lowest BCUT2D eigenvalue weighted by molar-refractivity contribution is 0.141. The van der Waals surface area contributed by atoms with Crippen molar-refractivity contribution in [3.63, 3.8) is 0 Å². The second kappa shape index (κ2) is 4.23. The summed E-state index contributed by atoms with van der Waals surface area (Å²) in [6.45, 7) is 2.34. The van der Waals surface area contributed by atoms with Crippen LogP contribution in [0.4, 0.5) is 0 Å². The standard InChI is InChI=1S/C8H14N2O2/c1-2-8(12)5-10-7(6-11)3-4-9-10/h3-4,8,11-12H,2,5-6H2,1H3/t8-/m0/s1. The van der Waals surface area contributed by atoms with Gasteiger partial charge in [0.05, 0.1) is 24.9 Å². The molecule has 0 amide bonds. The second-order valence-corrected chi connectivity index (χ2v) is 2.72. The van der Waals surface area contributed by atoms with Crippen molar-refractivity contribution < 1.29 is 10.2 Å². The molecule has 12 heavy (non-hydrogen) atoms. The van der Waals surface area contributed by atoms with Crippen LogP contribution in [0.2, 0.25) is 0 Å². The van der Waals surface area contributed by atoms with E-state index in [2.05, 4.69) is 5.10 Å². The lowest BCUT2D eigenvalue weighted by Crippen LogP contribution is -2.17. The fraction of sp³-hybridized carbons (Fsp3) is 0.625. The van der Waals surface area contributed by atoms with Crippen LogP contribution >= 0.6 is 0 Å². The number of aliphatic hydroxyl groups is 2. The van der Waals surface area contributed by atoms with Crippen LogP contribution < -0.4 is 0 Å². The zero-order valence-corrected chi connectivity index (χ0v) is 7.14. The van der Waals surface area contributed by atoms with Gasteiger partial charge in [0.15, 0.2) is 0 Å². The van der Waals surface area contributed by atoms with Crippen molar-refractivity contribution in [2.24, 2.45) is 0 Å². The first-order chi connectivity index (χ1) is 5.77. The Labute approximate surface area is 71.5 Å². The third-order valence-corrected chi connectivity index (χ3v) is 1.82. The Morgan fingerprint density at radius 2 is 2.42 bits per heavy atom. The highest BCUT2D eigenvalue weighted by Crippen LogP contribution is 2.01. The van der Waals surface area contributed by atoms with E-state index in [1.54, 1.807) is 16.9 Å². The molecule has 0 fully saturated rings. The molecule has 0 aromatic carbocycles. The van der Waals surface area contributed by atoms with Gasteiger partial charge in [0, 0.05) is 6.20 Å². The van der Waals surface area contributed by atoms with Crippen LogP contribution in [0.1, 0.15) is 19.0 Å². The zero-order valence-electron chi connectivity index (χ0n) is 7.14. The largest absolute Gasteiger partial charge is 0.391 e. The van der Waals surface area contributed by atoms with Gasteiger partial charge in [-0.05, 0) is 12.5 Å². The van der Waals surface area contributed by atoms with Crippen LogP contribution in [0.5, 0.6) is 0 Å². The number of nitrogens with zero attached hydrogens (tertiary/aromatic N) is 2. The van der Waals surface area contributed by atoms with Gasteiger partial charge in [-0.3, -0.25) is 4.68 Å². The first kappa shape index (κ1) is 9.22. The van der Waals surface area contributed by atoms with E-state index in [1.807, 2.05) is 6.92 Å². The molecule has 0 spiro atoms. The molecule has 2 N–H and O–H groups in total. The topological polar surface area (TPSA) is 58.3 Å². The minimum Gasteiger partial charge on any atom is -0.391 e. The van der Waals surface area contributed by atoms with Crippen molar-refractivity contribution in [3.05, 3.63) is 18.0 Å². The molecule has 1 aromatic heterocycles. The molecule has 4 heteroatoms. The molecule has 0 aliphatic heterocycles. The lowest BCUT2D eigenvalue weighted by Gasteiger charge is -2.09. The fourth-order valence-electron chi connectivity index (χ4n) is 0.987. The van der Waals surface area contributed by atoms with Crippen molar-refractivity contribution in [1.82, 2.24) is 9.78 Å². The molecule has 0 radical (unpaired) electrons. The Bertz CT molecular complexity index is 235. The maximum Gasteiger partial charge on any atom is 0.0849 e. The predicted octanol–water partition coefficient (Wildman–Crippen LogP) is 0.146. The van der Waals surface area contributed by atoms with E-state index >= 15 is 0 Å². The quantitative estimate of drug-likeness (QED) is 0.676. The molecule has 1 atom stereocenters. The fourth-order valence-corrected chi connectivity index (χ4v) is 0.987. The number of aliphatic hydroxyl groups excluding tert-OH is 2. The summed E-state index contributed by atoms with van der Waals surface area (Å²) in [5.74, 6) is 0. The minimum atomic E-state index is -0.379. The average Bonchev–Trinajstić information content (AvgIpc) is 2.51. The van der Waals surface area contributed by atoms with Crippen molar-refractivity contribution in [2.75, 3.05) is 0 Å². The van der Waals surface area contributed by atoms with Crippen molar-refractivity contribution >= 4 is 0 Å². The average molecular weight is 170 g/mol. The number of aromatic nitrogens is 2. The molecule has 0 aliphatic carbocycles. The first-order valence-electron chi connectivity index (χ1n) is 4.07. The Kier molecular flexibility index (Phi) is 3.25. The first-order valence-corrected chi connectivity index (χ1v) is 4.07. The van der Waals surface area contributed by atoms with Gasteiger partial charge in [0.2, 0.25) is 0 Å². The summed E-state index contributed by atoms with van der Waals surface area (Å²) in [6.07, 6.45) is 1.94. The summed E-state index contributed by atoms with van der Waals surface area (Å²) < 4.78 is 1.62. The molecule has 4 nitrogen and oxygen atoms in total. The van der Waals surface area contributed by atoms with Crippen LogP contribution in [0.3, 0.4) is 0 Å². The van der Waals surface area contributed by atoms with Gasteiger partial charge in [0.25, 0.3) is 0 Å². The van der Waals surface area contributed by atoms with Crippen LogP contribution in [-0.2, 0) is 13.2 Å². The zero-order chi connectivity index (χ0) is 8.97. The normalized spacial score (nSPS) is 13.2. The summed E-state index contributed by atoms with van der Waals surface area (Å²) in [4.78, 5) is 0. The smallest absolute Gasteiger partial charge is 0.0849 e. The van der Waals surface area contributed by atoms with Crippen LogP contribution in [-0.4, -0.2) is 26.1 Å². The molecular formula is C8H14N2O2. The van der Waals surface area contributed by atoms with Crippen molar-refractivity contribution in [1.29, 1.82) is 0 Å². The molecule has 0 bridgehead atoms. The van der Waals surface area contributed by atoms with Gasteiger partial charge in [-0.2, -0.15) is 5.10 Å². The summed E-state index contributed by atoms with van der Waals surface area (Å²) in [7, 11) is 0. The highest BCUT2D eigenvalue weighted by Gasteiger charge is 2.05. The van der Waals surface area contributed by atoms with E-state index in [0.717, 1.165) is 5.69 Å². The van der Waals surface area contributed by atoms with E-state index in [4.69, 9.17) is 5.11 Å². The molecule has 1 rings (SSSR count). The maximum atomic E-state index is 9.31. The maximum absolute atomic E-state index is 9.31. The third-order valence-electron chi connectivity index (χ3n) is 1.82. The van der Waals surface area contributed by atoms with Gasteiger partial charge in [-0.1, -0.05) is 6.92 Å². The van der Waals surface area contributed by atoms with Gasteiger partial charge in [0.1, 0.15) is 0 Å². The lowest BCUT2D eigenvalue weighted by atomic mass is 10.3. The van der Waals surface area contributed by atoms with E-state index in [1.165, 1.54) is 0 Å². The van der Waals surface area contributed by atoms with E-state index in [0.29, 0.717) is 13.0 Å². The number of hydrogen-bond donors (Lipinski definition) is 2. The molecule has 0 saturated heterocycles. The van der Waals surface area contributed by atoms with Crippen LogP contribution in [0.15, 0.2) is 12.3 Å². The molecule has 0 unspecified atom stereocenters. The third kappa shape index (κ3) is 2.06. The number of rotatable bonds is 4. The van der Waals surface area contributed by atoms with Crippen molar-refractivity contribution in [2.45, 2.75) is 32.6 Å². The Balaban J connectivity index is 2.61. The minimum absolute atomic E-state index is 0.0313. The molecular weight excluding hydrogens is 156 g/mol. The van der Waals surface area contributed by atoms with Crippen LogP contribution in [0, 0.1) is 0 Å². The Morgan fingerprint density at radius 3 is 3.00 bits per heavy atom. The summed E-state index contributed by atoms with van der Waals surface area (Å²) in [6, 6.07) is 1.74. The molecule has 1 aromatic rings. The van der Waals surface area contributed by atoms with E-state index in [-0.39, 0.29) is 12.7 Å². The SMILES string of the molecule is CC[C@H](O)Cn1nccc1CO. The summed E-state index contributed by atoms with van der Waals surface area (Å²) >= 11 is 0. The van der Waals surface area contributed by atoms with Crippen molar-refractivity contribution in [3.8, 4) is 0 Å². The highest BCUT2D eigenvalue weighted by molar-refractivity contribution is 4.98. The highest BCUT2D eigenvalue weighted by atomic mass is 16.3. The molecule has 0 saturated carbocycles. The second-order valence-electron chi connectivity index (χ2n) is 2.72. The summed E-state index contributed by atoms with van der Waals surface area (Å²) in [5, 5.41) is 22.1. The van der Waals surface area contributed by atoms with Gasteiger partial charge in [-0.15, -0.1) is 0 Å². The van der Waals surface area contributed by atoms with Gasteiger partial charge >= 0.3 is 0 Å². The summed E-state index contributed by atoms with van der Waals surface area (Å²) in [5.41, 5.74) is 0.738. The Hall–Kier alpha value is -0.870. The molecule has 0 aliphatic rings. The van der Waals surface area contributed by atoms with Gasteiger partial charge < -0.3 is 10.2 Å². The molecule has 1 heterocycles. The predicted molar refractivity (Wildman–Crippen MR) is 44.4 cm³/mol. The van der Waals surface area contributed by atoms with Gasteiger partial charge in [-0.25, -0.2) is 0 Å².